The number of nitriles is 1. The van der Waals surface area contributed by atoms with Crippen molar-refractivity contribution in [3.05, 3.63) is 53.6 Å². The average Bonchev–Trinajstić information content (AvgIpc) is 3.79. The molecule has 2 N–H and O–H groups in total. The van der Waals surface area contributed by atoms with Crippen LogP contribution in [-0.2, 0) is 16.3 Å². The van der Waals surface area contributed by atoms with Crippen molar-refractivity contribution in [2.24, 2.45) is 5.92 Å². The molecular weight excluding hydrogens is 692 g/mol. The molecule has 49 heavy (non-hydrogen) atoms. The number of carbonyl (C=O) groups is 2. The van der Waals surface area contributed by atoms with Crippen LogP contribution in [0.4, 0.5) is 23.4 Å². The SMILES string of the molecule is C[Si](C)(C)CCOCn1ccc2c(-c3cnn([C@@H](CC#N)[C@H]4CCN(c5nc(Cl)c(C(=O)O)cc5F)C4)c3)ncnc21.O=C(O)C(F)(F)F. The molecule has 2 atom stereocenters. The van der Waals surface area contributed by atoms with Gasteiger partial charge in [0, 0.05) is 57.0 Å². The summed E-state index contributed by atoms with van der Waals surface area (Å²) in [5.74, 6) is -4.88. The van der Waals surface area contributed by atoms with Gasteiger partial charge in [0.25, 0.3) is 0 Å². The highest BCUT2D eigenvalue weighted by molar-refractivity contribution is 6.76. The van der Waals surface area contributed by atoms with Crippen LogP contribution in [0.2, 0.25) is 30.8 Å². The number of aliphatic carboxylic acids is 1. The summed E-state index contributed by atoms with van der Waals surface area (Å²) in [6.07, 6.45) is 2.86. The second kappa shape index (κ2) is 15.3. The van der Waals surface area contributed by atoms with Crippen LogP contribution in [0.1, 0.15) is 29.2 Å². The van der Waals surface area contributed by atoms with Gasteiger partial charge in [-0.2, -0.15) is 23.5 Å². The Labute approximate surface area is 283 Å². The number of pyridine rings is 1. The van der Waals surface area contributed by atoms with Crippen molar-refractivity contribution in [1.82, 2.24) is 29.3 Å². The van der Waals surface area contributed by atoms with Crippen LogP contribution >= 0.6 is 11.6 Å². The van der Waals surface area contributed by atoms with Gasteiger partial charge in [-0.15, -0.1) is 0 Å². The number of rotatable bonds is 11. The van der Waals surface area contributed by atoms with E-state index in [-0.39, 0.29) is 34.9 Å². The molecule has 0 amide bonds. The molecular formula is C30H33ClF4N8O5Si. The van der Waals surface area contributed by atoms with E-state index in [4.69, 9.17) is 26.2 Å². The molecule has 0 radical (unpaired) electrons. The van der Waals surface area contributed by atoms with Crippen LogP contribution in [-0.4, -0.2) is 85.4 Å². The number of anilines is 1. The van der Waals surface area contributed by atoms with E-state index in [0.29, 0.717) is 32.8 Å². The van der Waals surface area contributed by atoms with Gasteiger partial charge in [-0.1, -0.05) is 31.2 Å². The molecule has 5 rings (SSSR count). The second-order valence-corrected chi connectivity index (χ2v) is 18.4. The average molecular weight is 725 g/mol. The standard InChI is InChI=1S/C28H32ClFN8O3Si.C2HF3O2/c1-42(2,3)11-10-41-17-37-9-6-20-24(32-16-33-26(20)37)19-13-34-38(15-19)23(4-7-31)18-5-8-36(14-18)27-22(30)12-21(28(39)40)25(29)35-27;3-2(4,5)1(6)7/h6,9,12-13,15-16,18,23H,4-5,8,10-11,14,17H2,1-3H3,(H,39,40);(H,6,7)/t18-,23-;/m0./s1. The number of nitrogens with zero attached hydrogens (tertiary/aromatic N) is 8. The molecule has 1 aliphatic rings. The van der Waals surface area contributed by atoms with Gasteiger partial charge in [0.05, 0.1) is 36.0 Å². The molecule has 0 aliphatic carbocycles. The van der Waals surface area contributed by atoms with E-state index >= 15 is 0 Å². The van der Waals surface area contributed by atoms with Gasteiger partial charge >= 0.3 is 18.1 Å². The number of carboxylic acids is 2. The lowest BCUT2D eigenvalue weighted by molar-refractivity contribution is -0.192. The van der Waals surface area contributed by atoms with Crippen molar-refractivity contribution in [1.29, 1.82) is 5.26 Å². The fraction of sp³-hybridized carbons (Fsp3) is 0.433. The molecule has 19 heteroatoms. The number of hydrogen-bond acceptors (Lipinski definition) is 9. The Morgan fingerprint density at radius 1 is 1.24 bits per heavy atom. The first kappa shape index (κ1) is 37.2. The first-order valence-electron chi connectivity index (χ1n) is 14.9. The van der Waals surface area contributed by atoms with E-state index in [1.54, 1.807) is 15.8 Å². The summed E-state index contributed by atoms with van der Waals surface area (Å²) >= 11 is 6.01. The number of ether oxygens (including phenoxy) is 1. The summed E-state index contributed by atoms with van der Waals surface area (Å²) in [6.45, 7) is 8.97. The summed E-state index contributed by atoms with van der Waals surface area (Å²) in [5, 5.41) is 31.1. The first-order valence-corrected chi connectivity index (χ1v) is 19.0. The number of hydrogen-bond donors (Lipinski definition) is 2. The lowest BCUT2D eigenvalue weighted by Crippen LogP contribution is -2.26. The summed E-state index contributed by atoms with van der Waals surface area (Å²) in [7, 11) is -1.18. The largest absolute Gasteiger partial charge is 0.490 e. The predicted octanol–water partition coefficient (Wildman–Crippen LogP) is 6.11. The molecule has 1 aliphatic heterocycles. The van der Waals surface area contributed by atoms with Crippen molar-refractivity contribution in [2.75, 3.05) is 24.6 Å². The van der Waals surface area contributed by atoms with Crippen molar-refractivity contribution < 1.29 is 42.1 Å². The topological polar surface area (TPSA) is 172 Å². The molecule has 4 aromatic rings. The van der Waals surface area contributed by atoms with Gasteiger partial charge < -0.3 is 24.4 Å². The van der Waals surface area contributed by atoms with Crippen LogP contribution in [0.3, 0.4) is 0 Å². The van der Waals surface area contributed by atoms with Crippen LogP contribution in [0.25, 0.3) is 22.3 Å². The van der Waals surface area contributed by atoms with Crippen LogP contribution in [0, 0.1) is 23.1 Å². The van der Waals surface area contributed by atoms with Gasteiger partial charge in [0.2, 0.25) is 0 Å². The normalized spacial score (nSPS) is 15.5. The zero-order valence-electron chi connectivity index (χ0n) is 26.7. The molecule has 5 heterocycles. The van der Waals surface area contributed by atoms with Gasteiger partial charge in [0.15, 0.2) is 11.6 Å². The number of halogens is 5. The fourth-order valence-electron chi connectivity index (χ4n) is 5.21. The zero-order chi connectivity index (χ0) is 36.1. The van der Waals surface area contributed by atoms with E-state index in [9.17, 15) is 32.7 Å². The number of fused-ring (bicyclic) bond motifs is 1. The molecule has 1 fully saturated rings. The number of alkyl halides is 3. The Morgan fingerprint density at radius 2 is 1.96 bits per heavy atom. The Kier molecular flexibility index (Phi) is 11.6. The fourth-order valence-corrected chi connectivity index (χ4v) is 6.19. The molecule has 4 aromatic heterocycles. The van der Waals surface area contributed by atoms with Crippen LogP contribution in [0.15, 0.2) is 37.1 Å². The maximum absolute atomic E-state index is 14.8. The number of aromatic nitrogens is 6. The zero-order valence-corrected chi connectivity index (χ0v) is 28.4. The minimum Gasteiger partial charge on any atom is -0.478 e. The van der Waals surface area contributed by atoms with Gasteiger partial charge in [-0.05, 0) is 24.6 Å². The number of carboxylic acid groups (broad SMARTS) is 2. The smallest absolute Gasteiger partial charge is 0.478 e. The minimum atomic E-state index is -5.08. The highest BCUT2D eigenvalue weighted by atomic mass is 35.5. The van der Waals surface area contributed by atoms with E-state index in [1.165, 1.54) is 6.33 Å². The minimum absolute atomic E-state index is 0.00159. The molecule has 0 bridgehead atoms. The molecule has 13 nitrogen and oxygen atoms in total. The second-order valence-electron chi connectivity index (χ2n) is 12.5. The molecule has 0 unspecified atom stereocenters. The van der Waals surface area contributed by atoms with Crippen molar-refractivity contribution >= 4 is 48.5 Å². The molecule has 0 saturated carbocycles. The number of aromatic carboxylic acids is 1. The predicted molar refractivity (Wildman–Crippen MR) is 172 cm³/mol. The van der Waals surface area contributed by atoms with Crippen molar-refractivity contribution in [2.45, 2.75) is 57.5 Å². The third-order valence-corrected chi connectivity index (χ3v) is 9.74. The highest BCUT2D eigenvalue weighted by Crippen LogP contribution is 2.35. The monoisotopic (exact) mass is 724 g/mol. The molecule has 1 saturated heterocycles. The van der Waals surface area contributed by atoms with E-state index < -0.39 is 32.0 Å². The molecule has 0 spiro atoms. The van der Waals surface area contributed by atoms with Crippen LogP contribution < -0.4 is 4.90 Å². The summed E-state index contributed by atoms with van der Waals surface area (Å²) < 4.78 is 56.2. The Morgan fingerprint density at radius 3 is 2.59 bits per heavy atom. The Balaban J connectivity index is 0.000000698. The third-order valence-electron chi connectivity index (χ3n) is 7.75. The maximum Gasteiger partial charge on any atom is 0.490 e. The van der Waals surface area contributed by atoms with Crippen molar-refractivity contribution in [3.63, 3.8) is 0 Å². The van der Waals surface area contributed by atoms with E-state index in [0.717, 1.165) is 34.4 Å². The quantitative estimate of drug-likeness (QED) is 0.0791. The van der Waals surface area contributed by atoms with E-state index in [1.807, 2.05) is 23.0 Å². The van der Waals surface area contributed by atoms with Crippen molar-refractivity contribution in [3.8, 4) is 17.3 Å². The molecule has 0 aromatic carbocycles. The third kappa shape index (κ3) is 9.31. The lowest BCUT2D eigenvalue weighted by atomic mass is 9.96. The van der Waals surface area contributed by atoms with Gasteiger partial charge in [0.1, 0.15) is 23.9 Å². The molecule has 262 valence electrons. The van der Waals surface area contributed by atoms with E-state index in [2.05, 4.69) is 45.8 Å². The first-order chi connectivity index (χ1) is 23.0. The highest BCUT2D eigenvalue weighted by Gasteiger charge is 2.38. The Bertz CT molecular complexity index is 1860. The maximum atomic E-state index is 14.8. The lowest BCUT2D eigenvalue weighted by Gasteiger charge is -2.23. The summed E-state index contributed by atoms with van der Waals surface area (Å²) in [6, 6.07) is 5.93. The van der Waals surface area contributed by atoms with Gasteiger partial charge in [-0.3, -0.25) is 4.68 Å². The Hall–Kier alpha value is -4.60. The summed E-state index contributed by atoms with van der Waals surface area (Å²) in [5.41, 5.74) is 1.91. The summed E-state index contributed by atoms with van der Waals surface area (Å²) in [4.78, 5) is 34.9. The van der Waals surface area contributed by atoms with Crippen LogP contribution in [0.5, 0.6) is 0 Å². The van der Waals surface area contributed by atoms with Gasteiger partial charge in [-0.25, -0.2) is 28.9 Å².